The highest BCUT2D eigenvalue weighted by molar-refractivity contribution is 6.31. The zero-order valence-corrected chi connectivity index (χ0v) is 11.2. The summed E-state index contributed by atoms with van der Waals surface area (Å²) in [7, 11) is 0. The number of hydrogen-bond donors (Lipinski definition) is 1. The molecule has 1 aromatic carbocycles. The third kappa shape index (κ3) is 2.88. The van der Waals surface area contributed by atoms with E-state index in [1.54, 1.807) is 12.4 Å². The molecule has 2 aromatic rings. The molecule has 1 atom stereocenters. The summed E-state index contributed by atoms with van der Waals surface area (Å²) in [6.45, 7) is 0. The molecule has 0 spiro atoms. The van der Waals surface area contributed by atoms with Crippen LogP contribution in [0.4, 0.5) is 0 Å². The molecule has 2 N–H and O–H groups in total. The van der Waals surface area contributed by atoms with Crippen LogP contribution in [0.25, 0.3) is 0 Å². The van der Waals surface area contributed by atoms with Crippen molar-refractivity contribution in [2.45, 2.75) is 25.0 Å². The minimum atomic E-state index is -0.266. The Labute approximate surface area is 117 Å². The number of halogens is 1. The number of aromatic nitrogens is 1. The quantitative estimate of drug-likeness (QED) is 0.930. The van der Waals surface area contributed by atoms with Gasteiger partial charge in [-0.3, -0.25) is 4.98 Å². The highest BCUT2D eigenvalue weighted by Gasteiger charge is 2.23. The van der Waals surface area contributed by atoms with Crippen LogP contribution in [0.5, 0.6) is 5.75 Å². The summed E-state index contributed by atoms with van der Waals surface area (Å²) in [6, 6.07) is 9.48. The fourth-order valence-corrected chi connectivity index (χ4v) is 2.21. The average Bonchev–Trinajstić information content (AvgIpc) is 3.23. The van der Waals surface area contributed by atoms with Crippen molar-refractivity contribution in [2.75, 3.05) is 0 Å². The predicted molar refractivity (Wildman–Crippen MR) is 75.4 cm³/mol. The minimum absolute atomic E-state index is 0.266. The number of benzene rings is 1. The maximum Gasteiger partial charge on any atom is 0.120 e. The van der Waals surface area contributed by atoms with Gasteiger partial charge in [0.2, 0.25) is 0 Å². The molecule has 0 aliphatic heterocycles. The largest absolute Gasteiger partial charge is 0.490 e. The van der Waals surface area contributed by atoms with Crippen molar-refractivity contribution in [2.24, 2.45) is 5.73 Å². The van der Waals surface area contributed by atoms with E-state index in [4.69, 9.17) is 22.1 Å². The first kappa shape index (κ1) is 12.5. The number of rotatable bonds is 4. The lowest BCUT2D eigenvalue weighted by Crippen LogP contribution is -2.12. The molecule has 1 unspecified atom stereocenters. The van der Waals surface area contributed by atoms with E-state index in [1.165, 1.54) is 0 Å². The van der Waals surface area contributed by atoms with Crippen LogP contribution in [0.2, 0.25) is 5.02 Å². The highest BCUT2D eigenvalue weighted by Crippen LogP contribution is 2.30. The molecule has 3 rings (SSSR count). The van der Waals surface area contributed by atoms with Crippen molar-refractivity contribution in [1.82, 2.24) is 4.98 Å². The summed E-state index contributed by atoms with van der Waals surface area (Å²) >= 11 is 6.13. The molecule has 0 amide bonds. The highest BCUT2D eigenvalue weighted by atomic mass is 35.5. The molecule has 0 bridgehead atoms. The predicted octanol–water partition coefficient (Wildman–Crippen LogP) is 3.32. The van der Waals surface area contributed by atoms with Gasteiger partial charge in [-0.15, -0.1) is 0 Å². The van der Waals surface area contributed by atoms with Gasteiger partial charge in [-0.05, 0) is 42.2 Å². The van der Waals surface area contributed by atoms with Gasteiger partial charge < -0.3 is 10.5 Å². The molecular formula is C15H15ClN2O. The lowest BCUT2D eigenvalue weighted by Gasteiger charge is -2.15. The SMILES string of the molecule is NC(c1cccc(OC2CC2)c1)c1ccncc1Cl. The van der Waals surface area contributed by atoms with Crippen molar-refractivity contribution in [3.8, 4) is 5.75 Å². The number of hydrogen-bond acceptors (Lipinski definition) is 3. The second-order valence-electron chi connectivity index (χ2n) is 4.76. The molecule has 1 aliphatic carbocycles. The molecule has 0 saturated heterocycles. The van der Waals surface area contributed by atoms with E-state index in [0.717, 1.165) is 29.7 Å². The van der Waals surface area contributed by atoms with Gasteiger partial charge in [-0.2, -0.15) is 0 Å². The van der Waals surface area contributed by atoms with Crippen molar-refractivity contribution in [3.63, 3.8) is 0 Å². The molecule has 98 valence electrons. The van der Waals surface area contributed by atoms with E-state index in [0.29, 0.717) is 11.1 Å². The Morgan fingerprint density at radius 1 is 1.32 bits per heavy atom. The summed E-state index contributed by atoms with van der Waals surface area (Å²) in [4.78, 5) is 3.97. The normalized spacial score (nSPS) is 16.1. The van der Waals surface area contributed by atoms with Crippen LogP contribution in [0, 0.1) is 0 Å². The molecule has 4 heteroatoms. The zero-order valence-electron chi connectivity index (χ0n) is 10.4. The summed E-state index contributed by atoms with van der Waals surface area (Å²) in [5.74, 6) is 0.876. The smallest absolute Gasteiger partial charge is 0.120 e. The molecular weight excluding hydrogens is 260 g/mol. The zero-order chi connectivity index (χ0) is 13.2. The molecule has 1 aromatic heterocycles. The number of pyridine rings is 1. The van der Waals surface area contributed by atoms with Crippen LogP contribution in [0.1, 0.15) is 30.0 Å². The standard InChI is InChI=1S/C15H15ClN2O/c16-14-9-18-7-6-13(14)15(17)10-2-1-3-12(8-10)19-11-4-5-11/h1-3,6-9,11,15H,4-5,17H2. The number of ether oxygens (including phenoxy) is 1. The van der Waals surface area contributed by atoms with Crippen LogP contribution in [-0.4, -0.2) is 11.1 Å². The Kier molecular flexibility index (Phi) is 3.40. The molecule has 3 nitrogen and oxygen atoms in total. The Balaban J connectivity index is 1.86. The first-order valence-electron chi connectivity index (χ1n) is 6.35. The van der Waals surface area contributed by atoms with Gasteiger partial charge in [0.25, 0.3) is 0 Å². The Morgan fingerprint density at radius 2 is 2.16 bits per heavy atom. The van der Waals surface area contributed by atoms with Crippen LogP contribution < -0.4 is 10.5 Å². The van der Waals surface area contributed by atoms with Crippen molar-refractivity contribution in [3.05, 3.63) is 58.9 Å². The number of nitrogens with zero attached hydrogens (tertiary/aromatic N) is 1. The summed E-state index contributed by atoms with van der Waals surface area (Å²) in [6.07, 6.45) is 5.99. The minimum Gasteiger partial charge on any atom is -0.490 e. The molecule has 0 radical (unpaired) electrons. The van der Waals surface area contributed by atoms with Gasteiger partial charge in [-0.25, -0.2) is 0 Å². The first-order valence-corrected chi connectivity index (χ1v) is 6.73. The van der Waals surface area contributed by atoms with Gasteiger partial charge in [0.15, 0.2) is 0 Å². The Morgan fingerprint density at radius 3 is 2.89 bits per heavy atom. The molecule has 1 aliphatic rings. The van der Waals surface area contributed by atoms with Crippen LogP contribution >= 0.6 is 11.6 Å². The van der Waals surface area contributed by atoms with Crippen molar-refractivity contribution >= 4 is 11.6 Å². The fraction of sp³-hybridized carbons (Fsp3) is 0.267. The Bertz CT molecular complexity index is 584. The van der Waals surface area contributed by atoms with E-state index in [2.05, 4.69) is 4.98 Å². The van der Waals surface area contributed by atoms with Crippen LogP contribution in [-0.2, 0) is 0 Å². The molecule has 1 saturated carbocycles. The number of nitrogens with two attached hydrogens (primary N) is 1. The summed E-state index contributed by atoms with van der Waals surface area (Å²) in [5.41, 5.74) is 8.13. The third-order valence-corrected chi connectivity index (χ3v) is 3.50. The topological polar surface area (TPSA) is 48.1 Å². The van der Waals surface area contributed by atoms with Crippen molar-refractivity contribution in [1.29, 1.82) is 0 Å². The van der Waals surface area contributed by atoms with E-state index < -0.39 is 0 Å². The van der Waals surface area contributed by atoms with E-state index in [1.807, 2.05) is 30.3 Å². The lowest BCUT2D eigenvalue weighted by molar-refractivity contribution is 0.303. The molecule has 19 heavy (non-hydrogen) atoms. The van der Waals surface area contributed by atoms with Gasteiger partial charge in [-0.1, -0.05) is 23.7 Å². The van der Waals surface area contributed by atoms with E-state index >= 15 is 0 Å². The summed E-state index contributed by atoms with van der Waals surface area (Å²) in [5, 5.41) is 0.587. The van der Waals surface area contributed by atoms with Gasteiger partial charge in [0.05, 0.1) is 17.2 Å². The first-order chi connectivity index (χ1) is 9.24. The monoisotopic (exact) mass is 274 g/mol. The van der Waals surface area contributed by atoms with Gasteiger partial charge in [0, 0.05) is 12.4 Å². The maximum atomic E-state index is 6.26. The maximum absolute atomic E-state index is 6.26. The van der Waals surface area contributed by atoms with Crippen LogP contribution in [0.3, 0.4) is 0 Å². The summed E-state index contributed by atoms with van der Waals surface area (Å²) < 4.78 is 5.78. The van der Waals surface area contributed by atoms with Gasteiger partial charge in [0.1, 0.15) is 5.75 Å². The van der Waals surface area contributed by atoms with Gasteiger partial charge >= 0.3 is 0 Å². The second kappa shape index (κ2) is 5.19. The third-order valence-electron chi connectivity index (χ3n) is 3.18. The van der Waals surface area contributed by atoms with E-state index in [-0.39, 0.29) is 6.04 Å². The van der Waals surface area contributed by atoms with E-state index in [9.17, 15) is 0 Å². The second-order valence-corrected chi connectivity index (χ2v) is 5.17. The Hall–Kier alpha value is -1.58. The van der Waals surface area contributed by atoms with Crippen LogP contribution in [0.15, 0.2) is 42.7 Å². The molecule has 1 fully saturated rings. The average molecular weight is 275 g/mol. The fourth-order valence-electron chi connectivity index (χ4n) is 1.98. The molecule has 1 heterocycles. The van der Waals surface area contributed by atoms with Crippen molar-refractivity contribution < 1.29 is 4.74 Å². The lowest BCUT2D eigenvalue weighted by atomic mass is 10.0.